The van der Waals surface area contributed by atoms with Gasteiger partial charge in [-0.3, -0.25) is 4.79 Å². The van der Waals surface area contributed by atoms with Crippen LogP contribution in [-0.4, -0.2) is 31.8 Å². The molecular formula is C16H23NO3. The summed E-state index contributed by atoms with van der Waals surface area (Å²) in [5.74, 6) is 0.0486. The number of benzene rings is 1. The molecule has 0 fully saturated rings. The van der Waals surface area contributed by atoms with Crippen molar-refractivity contribution in [1.29, 1.82) is 0 Å². The maximum atomic E-state index is 12.0. The second kappa shape index (κ2) is 9.28. The van der Waals surface area contributed by atoms with Crippen LogP contribution in [0.2, 0.25) is 0 Å². The fourth-order valence-corrected chi connectivity index (χ4v) is 1.75. The molecule has 4 nitrogen and oxygen atoms in total. The van der Waals surface area contributed by atoms with Crippen molar-refractivity contribution in [1.82, 2.24) is 5.32 Å². The lowest BCUT2D eigenvalue weighted by atomic mass is 10.1. The molecule has 110 valence electrons. The number of Topliss-reactive ketones (excluding diaryl/α,β-unsaturated/α-hetero) is 1. The SMILES string of the molecule is C=C(CC(=O)c1ccccc1)NCC(OCC)OCC. The van der Waals surface area contributed by atoms with Gasteiger partial charge in [0.1, 0.15) is 0 Å². The number of hydrogen-bond donors (Lipinski definition) is 1. The van der Waals surface area contributed by atoms with E-state index in [4.69, 9.17) is 9.47 Å². The summed E-state index contributed by atoms with van der Waals surface area (Å²) in [6.07, 6.45) is -0.0387. The van der Waals surface area contributed by atoms with Gasteiger partial charge in [0.2, 0.25) is 0 Å². The third-order valence-corrected chi connectivity index (χ3v) is 2.69. The summed E-state index contributed by atoms with van der Waals surface area (Å²) < 4.78 is 10.8. The molecule has 0 aliphatic heterocycles. The summed E-state index contributed by atoms with van der Waals surface area (Å²) in [7, 11) is 0. The van der Waals surface area contributed by atoms with E-state index in [-0.39, 0.29) is 18.5 Å². The van der Waals surface area contributed by atoms with Crippen LogP contribution in [0.1, 0.15) is 30.6 Å². The molecule has 0 aromatic heterocycles. The molecule has 0 atom stereocenters. The van der Waals surface area contributed by atoms with Gasteiger partial charge in [-0.05, 0) is 13.8 Å². The quantitative estimate of drug-likeness (QED) is 0.528. The molecule has 0 amide bonds. The van der Waals surface area contributed by atoms with Crippen LogP contribution in [0.5, 0.6) is 0 Å². The Morgan fingerprint density at radius 3 is 2.35 bits per heavy atom. The monoisotopic (exact) mass is 277 g/mol. The number of rotatable bonds is 10. The number of ether oxygens (including phenoxy) is 2. The molecule has 0 spiro atoms. The third kappa shape index (κ3) is 5.99. The summed E-state index contributed by atoms with van der Waals surface area (Å²) in [5, 5.41) is 3.09. The first-order valence-corrected chi connectivity index (χ1v) is 6.90. The zero-order valence-corrected chi connectivity index (χ0v) is 12.2. The second-order valence-electron chi connectivity index (χ2n) is 4.29. The Hall–Kier alpha value is -1.65. The van der Waals surface area contributed by atoms with Gasteiger partial charge in [0.05, 0.1) is 13.0 Å². The van der Waals surface area contributed by atoms with Gasteiger partial charge in [0, 0.05) is 24.5 Å². The molecule has 0 radical (unpaired) electrons. The molecule has 0 unspecified atom stereocenters. The van der Waals surface area contributed by atoms with Crippen molar-refractivity contribution in [2.24, 2.45) is 0 Å². The number of allylic oxidation sites excluding steroid dienone is 1. The number of carbonyl (C=O) groups excluding carboxylic acids is 1. The van der Waals surface area contributed by atoms with Gasteiger partial charge >= 0.3 is 0 Å². The van der Waals surface area contributed by atoms with Crippen LogP contribution in [0.4, 0.5) is 0 Å². The Balaban J connectivity index is 2.37. The molecule has 20 heavy (non-hydrogen) atoms. The van der Waals surface area contributed by atoms with Gasteiger partial charge in [-0.25, -0.2) is 0 Å². The first kappa shape index (κ1) is 16.4. The van der Waals surface area contributed by atoms with E-state index < -0.39 is 0 Å². The minimum Gasteiger partial charge on any atom is -0.383 e. The highest BCUT2D eigenvalue weighted by Gasteiger charge is 2.10. The molecule has 0 saturated heterocycles. The Morgan fingerprint density at radius 1 is 1.20 bits per heavy atom. The Kier molecular flexibility index (Phi) is 7.62. The highest BCUT2D eigenvalue weighted by Crippen LogP contribution is 2.06. The second-order valence-corrected chi connectivity index (χ2v) is 4.29. The first-order valence-electron chi connectivity index (χ1n) is 6.90. The summed E-state index contributed by atoms with van der Waals surface area (Å²) >= 11 is 0. The predicted molar refractivity (Wildman–Crippen MR) is 79.6 cm³/mol. The first-order chi connectivity index (χ1) is 9.67. The molecule has 0 saturated carbocycles. The molecule has 1 N–H and O–H groups in total. The summed E-state index contributed by atoms with van der Waals surface area (Å²) in [4.78, 5) is 12.0. The van der Waals surface area contributed by atoms with E-state index in [2.05, 4.69) is 11.9 Å². The maximum absolute atomic E-state index is 12.0. The lowest BCUT2D eigenvalue weighted by molar-refractivity contribution is -0.131. The van der Waals surface area contributed by atoms with E-state index in [0.717, 1.165) is 0 Å². The van der Waals surface area contributed by atoms with Gasteiger partial charge in [-0.15, -0.1) is 0 Å². The normalized spacial score (nSPS) is 10.6. The van der Waals surface area contributed by atoms with E-state index in [9.17, 15) is 4.79 Å². The van der Waals surface area contributed by atoms with Gasteiger partial charge in [-0.1, -0.05) is 36.9 Å². The summed E-state index contributed by atoms with van der Waals surface area (Å²) in [6.45, 7) is 9.36. The van der Waals surface area contributed by atoms with Crippen LogP contribution in [-0.2, 0) is 9.47 Å². The van der Waals surface area contributed by atoms with Crippen LogP contribution >= 0.6 is 0 Å². The van der Waals surface area contributed by atoms with Gasteiger partial charge in [0.15, 0.2) is 12.1 Å². The molecule has 0 aliphatic carbocycles. The molecule has 0 bridgehead atoms. The topological polar surface area (TPSA) is 47.6 Å². The highest BCUT2D eigenvalue weighted by atomic mass is 16.7. The van der Waals surface area contributed by atoms with Gasteiger partial charge < -0.3 is 14.8 Å². The fourth-order valence-electron chi connectivity index (χ4n) is 1.75. The predicted octanol–water partition coefficient (Wildman–Crippen LogP) is 2.76. The van der Waals surface area contributed by atoms with Crippen LogP contribution in [0, 0.1) is 0 Å². The molecular weight excluding hydrogens is 254 g/mol. The molecule has 4 heteroatoms. The standard InChI is InChI=1S/C16H23NO3/c1-4-19-16(20-5-2)12-17-13(3)11-15(18)14-9-7-6-8-10-14/h6-10,16-17H,3-5,11-12H2,1-2H3. The van der Waals surface area contributed by atoms with Crippen molar-refractivity contribution >= 4 is 5.78 Å². The third-order valence-electron chi connectivity index (χ3n) is 2.69. The zero-order valence-electron chi connectivity index (χ0n) is 12.2. The average Bonchev–Trinajstić information content (AvgIpc) is 2.46. The molecule has 0 aliphatic rings. The van der Waals surface area contributed by atoms with E-state index in [1.165, 1.54) is 0 Å². The lowest BCUT2D eigenvalue weighted by Crippen LogP contribution is -2.31. The fraction of sp³-hybridized carbons (Fsp3) is 0.438. The van der Waals surface area contributed by atoms with Crippen molar-refractivity contribution in [2.45, 2.75) is 26.6 Å². The van der Waals surface area contributed by atoms with Gasteiger partial charge in [-0.2, -0.15) is 0 Å². The van der Waals surface area contributed by atoms with E-state index in [1.54, 1.807) is 12.1 Å². The number of nitrogens with one attached hydrogen (secondary N) is 1. The molecule has 1 aromatic rings. The minimum absolute atomic E-state index is 0.0486. The van der Waals surface area contributed by atoms with E-state index in [1.807, 2.05) is 32.0 Å². The Bertz CT molecular complexity index is 411. The molecule has 1 rings (SSSR count). The minimum atomic E-state index is -0.312. The van der Waals surface area contributed by atoms with Crippen LogP contribution in [0.25, 0.3) is 0 Å². The summed E-state index contributed by atoms with van der Waals surface area (Å²) in [5.41, 5.74) is 1.37. The molecule has 1 aromatic carbocycles. The van der Waals surface area contributed by atoms with Crippen LogP contribution in [0.15, 0.2) is 42.6 Å². The van der Waals surface area contributed by atoms with Gasteiger partial charge in [0.25, 0.3) is 0 Å². The Labute approximate surface area is 120 Å². The molecule has 0 heterocycles. The van der Waals surface area contributed by atoms with E-state index >= 15 is 0 Å². The average molecular weight is 277 g/mol. The van der Waals surface area contributed by atoms with Crippen LogP contribution < -0.4 is 5.32 Å². The van der Waals surface area contributed by atoms with Crippen molar-refractivity contribution in [3.8, 4) is 0 Å². The highest BCUT2D eigenvalue weighted by molar-refractivity contribution is 5.97. The smallest absolute Gasteiger partial charge is 0.174 e. The Morgan fingerprint density at radius 2 is 1.80 bits per heavy atom. The lowest BCUT2D eigenvalue weighted by Gasteiger charge is -2.18. The van der Waals surface area contributed by atoms with Crippen molar-refractivity contribution < 1.29 is 14.3 Å². The number of hydrogen-bond acceptors (Lipinski definition) is 4. The maximum Gasteiger partial charge on any atom is 0.174 e. The number of carbonyl (C=O) groups is 1. The summed E-state index contributed by atoms with van der Waals surface area (Å²) in [6, 6.07) is 9.20. The van der Waals surface area contributed by atoms with Crippen molar-refractivity contribution in [2.75, 3.05) is 19.8 Å². The number of ketones is 1. The van der Waals surface area contributed by atoms with Crippen LogP contribution in [0.3, 0.4) is 0 Å². The van der Waals surface area contributed by atoms with Crippen molar-refractivity contribution in [3.05, 3.63) is 48.2 Å². The van der Waals surface area contributed by atoms with E-state index in [0.29, 0.717) is 31.0 Å². The zero-order chi connectivity index (χ0) is 14.8. The largest absolute Gasteiger partial charge is 0.383 e. The van der Waals surface area contributed by atoms with Crippen molar-refractivity contribution in [3.63, 3.8) is 0 Å².